The normalized spacial score (nSPS) is 16.0. The minimum Gasteiger partial charge on any atom is -0.327 e. The number of rotatable bonds is 2. The fourth-order valence-corrected chi connectivity index (χ4v) is 3.15. The molecular formula is C20H20N2OS. The van der Waals surface area contributed by atoms with Crippen LogP contribution in [0.25, 0.3) is 6.08 Å². The molecule has 1 aliphatic heterocycles. The van der Waals surface area contributed by atoms with Crippen LogP contribution in [0.1, 0.15) is 27.8 Å². The molecular weight excluding hydrogens is 316 g/mol. The van der Waals surface area contributed by atoms with Gasteiger partial charge in [-0.25, -0.2) is 0 Å². The van der Waals surface area contributed by atoms with E-state index in [1.807, 2.05) is 37.3 Å². The zero-order valence-electron chi connectivity index (χ0n) is 14.3. The summed E-state index contributed by atoms with van der Waals surface area (Å²) in [6.07, 6.45) is 1.88. The van der Waals surface area contributed by atoms with E-state index in [-0.39, 0.29) is 5.91 Å². The maximum atomic E-state index is 12.8. The maximum Gasteiger partial charge on any atom is 0.281 e. The molecule has 2 aromatic carbocycles. The van der Waals surface area contributed by atoms with Crippen molar-refractivity contribution in [2.45, 2.75) is 27.7 Å². The van der Waals surface area contributed by atoms with Crippen LogP contribution in [0.4, 0.5) is 5.69 Å². The average molecular weight is 336 g/mol. The molecule has 0 aliphatic carbocycles. The maximum absolute atomic E-state index is 12.8. The molecule has 1 N–H and O–H groups in total. The van der Waals surface area contributed by atoms with Crippen molar-refractivity contribution >= 4 is 35.0 Å². The second-order valence-electron chi connectivity index (χ2n) is 6.21. The van der Waals surface area contributed by atoms with E-state index in [0.717, 1.165) is 22.4 Å². The highest BCUT2D eigenvalue weighted by Crippen LogP contribution is 2.26. The van der Waals surface area contributed by atoms with Gasteiger partial charge in [-0.15, -0.1) is 0 Å². The van der Waals surface area contributed by atoms with E-state index in [2.05, 4.69) is 38.2 Å². The first kappa shape index (κ1) is 16.4. The summed E-state index contributed by atoms with van der Waals surface area (Å²) in [6, 6.07) is 12.0. The molecule has 3 rings (SSSR count). The minimum atomic E-state index is -0.119. The van der Waals surface area contributed by atoms with Crippen LogP contribution in [0.15, 0.2) is 42.1 Å². The first-order valence-electron chi connectivity index (χ1n) is 7.89. The highest BCUT2D eigenvalue weighted by Gasteiger charge is 2.32. The molecule has 3 nitrogen and oxygen atoms in total. The molecule has 1 saturated heterocycles. The van der Waals surface area contributed by atoms with E-state index in [1.165, 1.54) is 11.1 Å². The fourth-order valence-electron chi connectivity index (χ4n) is 2.86. The van der Waals surface area contributed by atoms with Crippen LogP contribution in [0.3, 0.4) is 0 Å². The summed E-state index contributed by atoms with van der Waals surface area (Å²) >= 11 is 5.39. The molecule has 0 unspecified atom stereocenters. The van der Waals surface area contributed by atoms with Crippen molar-refractivity contribution in [3.05, 3.63) is 69.9 Å². The van der Waals surface area contributed by atoms with Crippen molar-refractivity contribution in [1.82, 2.24) is 5.32 Å². The lowest BCUT2D eigenvalue weighted by molar-refractivity contribution is -0.113. The molecule has 0 bridgehead atoms. The molecule has 4 heteroatoms. The third-order valence-corrected chi connectivity index (χ3v) is 4.70. The second-order valence-corrected chi connectivity index (χ2v) is 6.59. The van der Waals surface area contributed by atoms with Gasteiger partial charge >= 0.3 is 0 Å². The van der Waals surface area contributed by atoms with Crippen molar-refractivity contribution < 1.29 is 4.79 Å². The van der Waals surface area contributed by atoms with E-state index in [1.54, 1.807) is 4.90 Å². The summed E-state index contributed by atoms with van der Waals surface area (Å²) in [5.41, 5.74) is 6.96. The molecule has 1 heterocycles. The Morgan fingerprint density at radius 3 is 2.33 bits per heavy atom. The van der Waals surface area contributed by atoms with Crippen LogP contribution in [0.2, 0.25) is 0 Å². The van der Waals surface area contributed by atoms with Crippen LogP contribution in [0, 0.1) is 27.7 Å². The molecule has 0 saturated carbocycles. The lowest BCUT2D eigenvalue weighted by atomic mass is 10.00. The van der Waals surface area contributed by atoms with Crippen LogP contribution >= 0.6 is 12.2 Å². The average Bonchev–Trinajstić information content (AvgIpc) is 2.80. The van der Waals surface area contributed by atoms with Crippen molar-refractivity contribution in [2.75, 3.05) is 4.90 Å². The van der Waals surface area contributed by atoms with Gasteiger partial charge in [-0.05, 0) is 79.9 Å². The number of amides is 1. The molecule has 1 fully saturated rings. The van der Waals surface area contributed by atoms with Gasteiger partial charge in [0.1, 0.15) is 5.70 Å². The Labute approximate surface area is 148 Å². The Bertz CT molecular complexity index is 883. The fraction of sp³-hybridized carbons (Fsp3) is 0.200. The number of carbonyl (C=O) groups excluding carboxylic acids is 1. The number of benzene rings is 2. The quantitative estimate of drug-likeness (QED) is 0.659. The number of anilines is 1. The number of carbonyl (C=O) groups is 1. The molecule has 0 aromatic heterocycles. The predicted molar refractivity (Wildman–Crippen MR) is 103 cm³/mol. The zero-order chi connectivity index (χ0) is 17.4. The van der Waals surface area contributed by atoms with E-state index in [0.29, 0.717) is 10.8 Å². The zero-order valence-corrected chi connectivity index (χ0v) is 15.1. The third kappa shape index (κ3) is 2.85. The standard InChI is InChI=1S/C20H20N2OS/c1-12-7-5-6-8-18(12)22-19(23)17(21-20(22)24)11-16-10-14(3)13(2)9-15(16)4/h5-11H,1-4H3,(H,21,24)/b17-11+. The van der Waals surface area contributed by atoms with Crippen molar-refractivity contribution in [3.63, 3.8) is 0 Å². The largest absolute Gasteiger partial charge is 0.327 e. The van der Waals surface area contributed by atoms with Gasteiger partial charge in [0.2, 0.25) is 0 Å². The van der Waals surface area contributed by atoms with Crippen LogP contribution in [-0.4, -0.2) is 11.0 Å². The number of aryl methyl sites for hydroxylation is 4. The van der Waals surface area contributed by atoms with Crippen molar-refractivity contribution in [1.29, 1.82) is 0 Å². The van der Waals surface area contributed by atoms with Crippen LogP contribution in [-0.2, 0) is 4.79 Å². The molecule has 24 heavy (non-hydrogen) atoms. The second kappa shape index (κ2) is 6.21. The Hall–Kier alpha value is -2.46. The molecule has 2 aromatic rings. The number of thiocarbonyl (C=S) groups is 1. The van der Waals surface area contributed by atoms with Crippen LogP contribution in [0.5, 0.6) is 0 Å². The smallest absolute Gasteiger partial charge is 0.281 e. The Balaban J connectivity index is 2.01. The number of hydrogen-bond acceptors (Lipinski definition) is 2. The Kier molecular flexibility index (Phi) is 4.24. The number of nitrogens with zero attached hydrogens (tertiary/aromatic N) is 1. The molecule has 0 atom stereocenters. The lowest BCUT2D eigenvalue weighted by Gasteiger charge is -2.16. The first-order valence-corrected chi connectivity index (χ1v) is 8.30. The summed E-state index contributed by atoms with van der Waals surface area (Å²) in [4.78, 5) is 14.4. The molecule has 1 amide bonds. The Morgan fingerprint density at radius 1 is 0.958 bits per heavy atom. The summed E-state index contributed by atoms with van der Waals surface area (Å²) in [5.74, 6) is -0.119. The molecule has 1 aliphatic rings. The summed E-state index contributed by atoms with van der Waals surface area (Å²) in [7, 11) is 0. The third-order valence-electron chi connectivity index (χ3n) is 4.42. The van der Waals surface area contributed by atoms with Crippen molar-refractivity contribution in [2.24, 2.45) is 0 Å². The molecule has 0 spiro atoms. The highest BCUT2D eigenvalue weighted by molar-refractivity contribution is 7.80. The van der Waals surface area contributed by atoms with Crippen LogP contribution < -0.4 is 10.2 Å². The SMILES string of the molecule is Cc1cc(C)c(/C=C2/NC(=S)N(c3ccccc3C)C2=O)cc1C. The van der Waals surface area contributed by atoms with Gasteiger partial charge in [-0.1, -0.05) is 30.3 Å². The van der Waals surface area contributed by atoms with Gasteiger partial charge < -0.3 is 5.32 Å². The molecule has 122 valence electrons. The van der Waals surface area contributed by atoms with E-state index in [9.17, 15) is 4.79 Å². The molecule has 0 radical (unpaired) electrons. The van der Waals surface area contributed by atoms with Gasteiger partial charge in [0.05, 0.1) is 5.69 Å². The van der Waals surface area contributed by atoms with E-state index >= 15 is 0 Å². The summed E-state index contributed by atoms with van der Waals surface area (Å²) < 4.78 is 0. The van der Waals surface area contributed by atoms with Gasteiger partial charge in [0.25, 0.3) is 5.91 Å². The van der Waals surface area contributed by atoms with Gasteiger partial charge in [0, 0.05) is 0 Å². The number of nitrogens with one attached hydrogen (secondary N) is 1. The van der Waals surface area contributed by atoms with E-state index < -0.39 is 0 Å². The number of hydrogen-bond donors (Lipinski definition) is 1. The summed E-state index contributed by atoms with van der Waals surface area (Å²) in [5, 5.41) is 3.48. The van der Waals surface area contributed by atoms with Gasteiger partial charge in [-0.2, -0.15) is 0 Å². The monoisotopic (exact) mass is 336 g/mol. The van der Waals surface area contributed by atoms with Gasteiger partial charge in [0.15, 0.2) is 5.11 Å². The first-order chi connectivity index (χ1) is 11.4. The van der Waals surface area contributed by atoms with Gasteiger partial charge in [-0.3, -0.25) is 9.69 Å². The minimum absolute atomic E-state index is 0.119. The summed E-state index contributed by atoms with van der Waals surface area (Å²) in [6.45, 7) is 8.19. The topological polar surface area (TPSA) is 32.3 Å². The number of para-hydroxylation sites is 1. The van der Waals surface area contributed by atoms with Crippen molar-refractivity contribution in [3.8, 4) is 0 Å². The highest BCUT2D eigenvalue weighted by atomic mass is 32.1. The predicted octanol–water partition coefficient (Wildman–Crippen LogP) is 4.18. The van der Waals surface area contributed by atoms with E-state index in [4.69, 9.17) is 12.2 Å². The lowest BCUT2D eigenvalue weighted by Crippen LogP contribution is -2.30. The Morgan fingerprint density at radius 2 is 1.62 bits per heavy atom.